The van der Waals surface area contributed by atoms with Gasteiger partial charge in [-0.25, -0.2) is 9.97 Å². The highest BCUT2D eigenvalue weighted by molar-refractivity contribution is 7.99. The molecular weight excluding hydrogens is 415 g/mol. The normalized spacial score (nSPS) is 15.2. The number of aromatic nitrogens is 3. The predicted octanol–water partition coefficient (Wildman–Crippen LogP) is 3.41. The molecule has 11 heteroatoms. The van der Waals surface area contributed by atoms with E-state index in [4.69, 9.17) is 11.6 Å². The van der Waals surface area contributed by atoms with Gasteiger partial charge in [-0.1, -0.05) is 23.4 Å². The van der Waals surface area contributed by atoms with E-state index in [1.807, 2.05) is 17.7 Å². The Morgan fingerprint density at radius 3 is 2.57 bits per heavy atom. The smallest absolute Gasteiger partial charge is 0.352 e. The Kier molecular flexibility index (Phi) is 6.39. The molecule has 0 spiro atoms. The molecule has 1 saturated heterocycles. The molecule has 1 aliphatic rings. The fourth-order valence-electron chi connectivity index (χ4n) is 2.88. The molecule has 0 radical (unpaired) electrons. The standard InChI is InChI=1S/C17H19ClF3N5OS/c1-2-24-4-3-22-16(24)28-11-14(27)25-5-7-26(8-6-25)15-13(18)9-12(10-23-15)17(19,20)21/h3-4,9-10H,2,5-8,11H2,1H3. The number of anilines is 1. The summed E-state index contributed by atoms with van der Waals surface area (Å²) in [6.45, 7) is 4.63. The SMILES string of the molecule is CCn1ccnc1SCC(=O)N1CCN(c2ncc(C(F)(F)F)cc2Cl)CC1. The summed E-state index contributed by atoms with van der Waals surface area (Å²) in [6, 6.07) is 0.883. The van der Waals surface area contributed by atoms with E-state index in [1.165, 1.54) is 11.8 Å². The summed E-state index contributed by atoms with van der Waals surface area (Å²) in [7, 11) is 0. The van der Waals surface area contributed by atoms with Crippen LogP contribution in [-0.4, -0.2) is 57.3 Å². The monoisotopic (exact) mass is 433 g/mol. The molecule has 3 heterocycles. The van der Waals surface area contributed by atoms with Gasteiger partial charge >= 0.3 is 6.18 Å². The van der Waals surface area contributed by atoms with Crippen LogP contribution in [0.4, 0.5) is 19.0 Å². The van der Waals surface area contributed by atoms with E-state index in [1.54, 1.807) is 16.0 Å². The third kappa shape index (κ3) is 4.72. The van der Waals surface area contributed by atoms with Gasteiger partial charge in [0, 0.05) is 51.3 Å². The largest absolute Gasteiger partial charge is 0.417 e. The van der Waals surface area contributed by atoms with Crippen molar-refractivity contribution in [2.24, 2.45) is 0 Å². The number of amides is 1. The highest BCUT2D eigenvalue weighted by atomic mass is 35.5. The number of hydrogen-bond acceptors (Lipinski definition) is 5. The Bertz CT molecular complexity index is 836. The van der Waals surface area contributed by atoms with Gasteiger partial charge in [-0.3, -0.25) is 4.79 Å². The first kappa shape index (κ1) is 20.8. The lowest BCUT2D eigenvalue weighted by molar-refractivity contribution is -0.137. The molecule has 0 aliphatic carbocycles. The Balaban J connectivity index is 1.55. The molecular formula is C17H19ClF3N5OS. The first-order valence-electron chi connectivity index (χ1n) is 8.69. The number of piperazine rings is 1. The summed E-state index contributed by atoms with van der Waals surface area (Å²) in [5.74, 6) is 0.596. The van der Waals surface area contributed by atoms with Gasteiger partial charge in [0.1, 0.15) is 5.82 Å². The van der Waals surface area contributed by atoms with E-state index >= 15 is 0 Å². The molecule has 0 atom stereocenters. The van der Waals surface area contributed by atoms with Crippen LogP contribution < -0.4 is 4.90 Å². The maximum atomic E-state index is 12.7. The number of carbonyl (C=O) groups is 1. The van der Waals surface area contributed by atoms with Gasteiger partial charge in [-0.05, 0) is 13.0 Å². The van der Waals surface area contributed by atoms with Crippen molar-refractivity contribution in [1.82, 2.24) is 19.4 Å². The molecule has 0 aromatic carbocycles. The molecule has 3 rings (SSSR count). The Morgan fingerprint density at radius 1 is 1.25 bits per heavy atom. The molecule has 1 fully saturated rings. The predicted molar refractivity (Wildman–Crippen MR) is 102 cm³/mol. The van der Waals surface area contributed by atoms with Crippen molar-refractivity contribution in [1.29, 1.82) is 0 Å². The molecule has 1 aliphatic heterocycles. The molecule has 1 amide bonds. The molecule has 2 aromatic heterocycles. The quantitative estimate of drug-likeness (QED) is 0.676. The number of alkyl halides is 3. The lowest BCUT2D eigenvalue weighted by atomic mass is 10.2. The summed E-state index contributed by atoms with van der Waals surface area (Å²) >= 11 is 7.40. The van der Waals surface area contributed by atoms with Crippen LogP contribution >= 0.6 is 23.4 Å². The van der Waals surface area contributed by atoms with Crippen molar-refractivity contribution in [3.05, 3.63) is 35.2 Å². The first-order chi connectivity index (χ1) is 13.3. The van der Waals surface area contributed by atoms with Crippen molar-refractivity contribution >= 4 is 35.1 Å². The summed E-state index contributed by atoms with van der Waals surface area (Å²) in [6.07, 6.45) is -0.127. The average molecular weight is 434 g/mol. The zero-order valence-electron chi connectivity index (χ0n) is 15.1. The third-order valence-electron chi connectivity index (χ3n) is 4.42. The molecule has 0 N–H and O–H groups in total. The van der Waals surface area contributed by atoms with Crippen LogP contribution in [0.1, 0.15) is 12.5 Å². The van der Waals surface area contributed by atoms with Crippen molar-refractivity contribution in [3.8, 4) is 0 Å². The van der Waals surface area contributed by atoms with Crippen LogP contribution in [0.25, 0.3) is 0 Å². The fraction of sp³-hybridized carbons (Fsp3) is 0.471. The van der Waals surface area contributed by atoms with Gasteiger partial charge < -0.3 is 14.4 Å². The van der Waals surface area contributed by atoms with Crippen molar-refractivity contribution in [3.63, 3.8) is 0 Å². The zero-order chi connectivity index (χ0) is 20.3. The number of thioether (sulfide) groups is 1. The topological polar surface area (TPSA) is 54.3 Å². The van der Waals surface area contributed by atoms with Gasteiger partial charge in [0.25, 0.3) is 0 Å². The average Bonchev–Trinajstić information content (AvgIpc) is 3.13. The maximum Gasteiger partial charge on any atom is 0.417 e. The minimum atomic E-state index is -4.48. The molecule has 152 valence electrons. The molecule has 6 nitrogen and oxygen atoms in total. The van der Waals surface area contributed by atoms with E-state index in [9.17, 15) is 18.0 Å². The van der Waals surface area contributed by atoms with Gasteiger partial charge in [0.15, 0.2) is 5.16 Å². The zero-order valence-corrected chi connectivity index (χ0v) is 16.7. The third-order valence-corrected chi connectivity index (χ3v) is 5.69. The molecule has 28 heavy (non-hydrogen) atoms. The van der Waals surface area contributed by atoms with E-state index in [2.05, 4.69) is 9.97 Å². The number of carbonyl (C=O) groups excluding carboxylic acids is 1. The second-order valence-electron chi connectivity index (χ2n) is 6.18. The lowest BCUT2D eigenvalue weighted by Crippen LogP contribution is -2.49. The van der Waals surface area contributed by atoms with Crippen LogP contribution in [0, 0.1) is 0 Å². The Labute approximate surface area is 169 Å². The number of halogens is 4. The molecule has 0 unspecified atom stereocenters. The highest BCUT2D eigenvalue weighted by Gasteiger charge is 2.32. The number of rotatable bonds is 5. The van der Waals surface area contributed by atoms with Crippen LogP contribution in [0.15, 0.2) is 29.8 Å². The van der Waals surface area contributed by atoms with Gasteiger partial charge in [-0.2, -0.15) is 13.2 Å². The second-order valence-corrected chi connectivity index (χ2v) is 7.53. The lowest BCUT2D eigenvalue weighted by Gasteiger charge is -2.35. The van der Waals surface area contributed by atoms with Gasteiger partial charge in [0.2, 0.25) is 5.91 Å². The minimum absolute atomic E-state index is 0.00165. The summed E-state index contributed by atoms with van der Waals surface area (Å²) in [5.41, 5.74) is -0.877. The summed E-state index contributed by atoms with van der Waals surface area (Å²) in [4.78, 5) is 24.1. The number of hydrogen-bond donors (Lipinski definition) is 0. The maximum absolute atomic E-state index is 12.7. The van der Waals surface area contributed by atoms with Crippen LogP contribution in [0.5, 0.6) is 0 Å². The van der Waals surface area contributed by atoms with E-state index in [-0.39, 0.29) is 16.7 Å². The van der Waals surface area contributed by atoms with E-state index in [0.717, 1.165) is 24.0 Å². The van der Waals surface area contributed by atoms with Crippen LogP contribution in [0.3, 0.4) is 0 Å². The second kappa shape index (κ2) is 8.60. The van der Waals surface area contributed by atoms with Crippen molar-refractivity contribution < 1.29 is 18.0 Å². The first-order valence-corrected chi connectivity index (χ1v) is 10.1. The number of aryl methyl sites for hydroxylation is 1. The number of pyridine rings is 1. The molecule has 0 bridgehead atoms. The number of nitrogens with zero attached hydrogens (tertiary/aromatic N) is 5. The highest BCUT2D eigenvalue weighted by Crippen LogP contribution is 2.33. The van der Waals surface area contributed by atoms with Crippen molar-refractivity contribution in [2.45, 2.75) is 24.8 Å². The Morgan fingerprint density at radius 2 is 1.96 bits per heavy atom. The van der Waals surface area contributed by atoms with E-state index < -0.39 is 11.7 Å². The summed E-state index contributed by atoms with van der Waals surface area (Å²) < 4.78 is 40.2. The fourth-order valence-corrected chi connectivity index (χ4v) is 4.09. The van der Waals surface area contributed by atoms with E-state index in [0.29, 0.717) is 32.0 Å². The minimum Gasteiger partial charge on any atom is -0.352 e. The summed E-state index contributed by atoms with van der Waals surface area (Å²) in [5, 5.41) is 0.756. The van der Waals surface area contributed by atoms with Crippen molar-refractivity contribution in [2.75, 3.05) is 36.8 Å². The molecule has 2 aromatic rings. The van der Waals surface area contributed by atoms with Gasteiger partial charge in [-0.15, -0.1) is 0 Å². The Hall–Kier alpha value is -1.94. The van der Waals surface area contributed by atoms with Gasteiger partial charge in [0.05, 0.1) is 16.3 Å². The number of imidazole rings is 1. The van der Waals surface area contributed by atoms with Crippen LogP contribution in [0.2, 0.25) is 5.02 Å². The van der Waals surface area contributed by atoms with Crippen LogP contribution in [-0.2, 0) is 17.5 Å². The molecule has 0 saturated carbocycles.